The summed E-state index contributed by atoms with van der Waals surface area (Å²) in [5, 5.41) is 10.1. The van der Waals surface area contributed by atoms with Crippen molar-refractivity contribution in [1.82, 2.24) is 15.2 Å². The molecule has 2 aromatic heterocycles. The first-order valence-corrected chi connectivity index (χ1v) is 5.65. The van der Waals surface area contributed by atoms with Gasteiger partial charge < -0.3 is 5.73 Å². The molecule has 0 radical (unpaired) electrons. The fourth-order valence-electron chi connectivity index (χ4n) is 1.20. The second-order valence-corrected chi connectivity index (χ2v) is 4.17. The highest BCUT2D eigenvalue weighted by Gasteiger charge is 2.06. The summed E-state index contributed by atoms with van der Waals surface area (Å²) in [6.45, 7) is 0.693. The lowest BCUT2D eigenvalue weighted by Crippen LogP contribution is -1.99. The van der Waals surface area contributed by atoms with Crippen molar-refractivity contribution < 1.29 is 0 Å². The zero-order valence-corrected chi connectivity index (χ0v) is 9.07. The van der Waals surface area contributed by atoms with Crippen LogP contribution in [0.4, 0.5) is 0 Å². The standard InChI is InChI=1S/C10H12N4S/c11-6-3-5-9-13-14-10(15-9)8-4-1-2-7-12-8/h1-2,4,7H,3,5-6,11H2. The molecule has 0 unspecified atom stereocenters. The van der Waals surface area contributed by atoms with Gasteiger partial charge in [-0.25, -0.2) is 0 Å². The summed E-state index contributed by atoms with van der Waals surface area (Å²) in [4.78, 5) is 4.23. The molecule has 2 N–H and O–H groups in total. The van der Waals surface area contributed by atoms with Gasteiger partial charge in [0.1, 0.15) is 10.7 Å². The predicted octanol–water partition coefficient (Wildman–Crippen LogP) is 1.49. The Hall–Kier alpha value is -1.33. The third kappa shape index (κ3) is 2.57. The molecule has 0 aliphatic rings. The Morgan fingerprint density at radius 1 is 1.27 bits per heavy atom. The predicted molar refractivity (Wildman–Crippen MR) is 60.5 cm³/mol. The van der Waals surface area contributed by atoms with E-state index in [0.29, 0.717) is 6.54 Å². The largest absolute Gasteiger partial charge is 0.330 e. The van der Waals surface area contributed by atoms with E-state index in [4.69, 9.17) is 5.73 Å². The highest BCUT2D eigenvalue weighted by molar-refractivity contribution is 7.14. The fraction of sp³-hybridized carbons (Fsp3) is 0.300. The minimum atomic E-state index is 0.693. The first kappa shape index (κ1) is 10.2. The van der Waals surface area contributed by atoms with Gasteiger partial charge in [-0.3, -0.25) is 4.98 Å². The van der Waals surface area contributed by atoms with E-state index in [1.165, 1.54) is 0 Å². The highest BCUT2D eigenvalue weighted by atomic mass is 32.1. The SMILES string of the molecule is NCCCc1nnc(-c2ccccn2)s1. The van der Waals surface area contributed by atoms with Crippen molar-refractivity contribution >= 4 is 11.3 Å². The third-order valence-corrected chi connectivity index (χ3v) is 2.95. The van der Waals surface area contributed by atoms with Gasteiger partial charge in [0, 0.05) is 12.6 Å². The lowest BCUT2D eigenvalue weighted by molar-refractivity contribution is 0.812. The average molecular weight is 220 g/mol. The quantitative estimate of drug-likeness (QED) is 0.847. The van der Waals surface area contributed by atoms with Crippen LogP contribution in [0.3, 0.4) is 0 Å². The van der Waals surface area contributed by atoms with Gasteiger partial charge in [-0.2, -0.15) is 0 Å². The van der Waals surface area contributed by atoms with Crippen LogP contribution in [0, 0.1) is 0 Å². The van der Waals surface area contributed by atoms with Gasteiger partial charge in [0.25, 0.3) is 0 Å². The number of aryl methyl sites for hydroxylation is 1. The van der Waals surface area contributed by atoms with Gasteiger partial charge in [0.2, 0.25) is 0 Å². The van der Waals surface area contributed by atoms with E-state index >= 15 is 0 Å². The maximum Gasteiger partial charge on any atom is 0.166 e. The monoisotopic (exact) mass is 220 g/mol. The van der Waals surface area contributed by atoms with Crippen LogP contribution in [0.15, 0.2) is 24.4 Å². The van der Waals surface area contributed by atoms with Crippen LogP contribution in [0.25, 0.3) is 10.7 Å². The van der Waals surface area contributed by atoms with E-state index in [9.17, 15) is 0 Å². The molecular formula is C10H12N4S. The van der Waals surface area contributed by atoms with Crippen molar-refractivity contribution in [2.45, 2.75) is 12.8 Å². The van der Waals surface area contributed by atoms with Gasteiger partial charge in [0.15, 0.2) is 5.01 Å². The molecule has 4 nitrogen and oxygen atoms in total. The molecule has 0 aliphatic heterocycles. The van der Waals surface area contributed by atoms with E-state index in [0.717, 1.165) is 28.6 Å². The minimum Gasteiger partial charge on any atom is -0.330 e. The number of pyridine rings is 1. The van der Waals surface area contributed by atoms with Crippen LogP contribution in [0.2, 0.25) is 0 Å². The molecule has 2 rings (SSSR count). The zero-order valence-electron chi connectivity index (χ0n) is 8.26. The van der Waals surface area contributed by atoms with Crippen molar-refractivity contribution in [3.05, 3.63) is 29.4 Å². The second kappa shape index (κ2) is 4.95. The third-order valence-electron chi connectivity index (χ3n) is 1.95. The second-order valence-electron chi connectivity index (χ2n) is 3.11. The maximum absolute atomic E-state index is 5.44. The molecular weight excluding hydrogens is 208 g/mol. The molecule has 0 bridgehead atoms. The van der Waals surface area contributed by atoms with Crippen molar-refractivity contribution in [2.75, 3.05) is 6.54 Å². The normalized spacial score (nSPS) is 10.5. The van der Waals surface area contributed by atoms with Crippen molar-refractivity contribution in [3.8, 4) is 10.7 Å². The number of nitrogens with zero attached hydrogens (tertiary/aromatic N) is 3. The maximum atomic E-state index is 5.44. The van der Waals surface area contributed by atoms with Gasteiger partial charge in [-0.15, -0.1) is 10.2 Å². The molecule has 0 saturated carbocycles. The van der Waals surface area contributed by atoms with E-state index < -0.39 is 0 Å². The first-order valence-electron chi connectivity index (χ1n) is 4.84. The molecule has 0 saturated heterocycles. The van der Waals surface area contributed by atoms with Crippen LogP contribution >= 0.6 is 11.3 Å². The lowest BCUT2D eigenvalue weighted by Gasteiger charge is -1.91. The molecule has 2 heterocycles. The molecule has 0 atom stereocenters. The number of aromatic nitrogens is 3. The topological polar surface area (TPSA) is 64.7 Å². The number of nitrogens with two attached hydrogens (primary N) is 1. The Bertz CT molecular complexity index is 412. The zero-order chi connectivity index (χ0) is 10.5. The van der Waals surface area contributed by atoms with E-state index in [1.807, 2.05) is 18.2 Å². The minimum absolute atomic E-state index is 0.693. The van der Waals surface area contributed by atoms with Crippen LogP contribution in [0.5, 0.6) is 0 Å². The van der Waals surface area contributed by atoms with Gasteiger partial charge in [-0.1, -0.05) is 17.4 Å². The van der Waals surface area contributed by atoms with E-state index in [1.54, 1.807) is 17.5 Å². The van der Waals surface area contributed by atoms with Crippen LogP contribution in [-0.4, -0.2) is 21.7 Å². The lowest BCUT2D eigenvalue weighted by atomic mass is 10.3. The summed E-state index contributed by atoms with van der Waals surface area (Å²) >= 11 is 1.59. The molecule has 78 valence electrons. The number of hydrogen-bond acceptors (Lipinski definition) is 5. The Kier molecular flexibility index (Phi) is 3.37. The highest BCUT2D eigenvalue weighted by Crippen LogP contribution is 2.21. The smallest absolute Gasteiger partial charge is 0.166 e. The fourth-order valence-corrected chi connectivity index (χ4v) is 2.06. The van der Waals surface area contributed by atoms with E-state index in [2.05, 4.69) is 15.2 Å². The van der Waals surface area contributed by atoms with Crippen LogP contribution < -0.4 is 5.73 Å². The molecule has 0 spiro atoms. The van der Waals surface area contributed by atoms with Gasteiger partial charge in [0.05, 0.1) is 0 Å². The molecule has 15 heavy (non-hydrogen) atoms. The molecule has 0 fully saturated rings. The Morgan fingerprint density at radius 2 is 2.20 bits per heavy atom. The van der Waals surface area contributed by atoms with Crippen molar-refractivity contribution in [3.63, 3.8) is 0 Å². The van der Waals surface area contributed by atoms with Crippen LogP contribution in [-0.2, 0) is 6.42 Å². The Morgan fingerprint density at radius 3 is 2.93 bits per heavy atom. The first-order chi connectivity index (χ1) is 7.40. The summed E-state index contributed by atoms with van der Waals surface area (Å²) in [5.74, 6) is 0. The van der Waals surface area contributed by atoms with Gasteiger partial charge in [-0.05, 0) is 25.1 Å². The molecule has 0 amide bonds. The molecule has 5 heteroatoms. The van der Waals surface area contributed by atoms with E-state index in [-0.39, 0.29) is 0 Å². The summed E-state index contributed by atoms with van der Waals surface area (Å²) < 4.78 is 0. The molecule has 2 aromatic rings. The van der Waals surface area contributed by atoms with Crippen molar-refractivity contribution in [1.29, 1.82) is 0 Å². The van der Waals surface area contributed by atoms with Crippen LogP contribution in [0.1, 0.15) is 11.4 Å². The average Bonchev–Trinajstić information content (AvgIpc) is 2.76. The summed E-state index contributed by atoms with van der Waals surface area (Å²) in [7, 11) is 0. The van der Waals surface area contributed by atoms with Gasteiger partial charge >= 0.3 is 0 Å². The number of hydrogen-bond donors (Lipinski definition) is 1. The summed E-state index contributed by atoms with van der Waals surface area (Å²) in [6, 6.07) is 5.77. The summed E-state index contributed by atoms with van der Waals surface area (Å²) in [6.07, 6.45) is 3.62. The molecule has 0 aliphatic carbocycles. The van der Waals surface area contributed by atoms with Crippen molar-refractivity contribution in [2.24, 2.45) is 5.73 Å². The Labute approximate surface area is 92.2 Å². The molecule has 0 aromatic carbocycles. The Balaban J connectivity index is 2.14. The summed E-state index contributed by atoms with van der Waals surface area (Å²) in [5.41, 5.74) is 6.32. The number of rotatable bonds is 4.